The predicted molar refractivity (Wildman–Crippen MR) is 80.3 cm³/mol. The molecule has 0 spiro atoms. The summed E-state index contributed by atoms with van der Waals surface area (Å²) in [6.07, 6.45) is 3.13. The van der Waals surface area contributed by atoms with Gasteiger partial charge in [0.05, 0.1) is 0 Å². The third kappa shape index (κ3) is 3.88. The fourth-order valence-electron chi connectivity index (χ4n) is 2.60. The topological polar surface area (TPSA) is 12.0 Å². The van der Waals surface area contributed by atoms with Gasteiger partial charge in [-0.1, -0.05) is 30.3 Å². The minimum Gasteiger partial charge on any atom is -0.313 e. The summed E-state index contributed by atoms with van der Waals surface area (Å²) in [6, 6.07) is 14.0. The minimum atomic E-state index is -0.239. The fourth-order valence-corrected chi connectivity index (χ4v) is 2.60. The van der Waals surface area contributed by atoms with E-state index in [2.05, 4.69) is 5.32 Å². The minimum absolute atomic E-state index is 0.0669. The second-order valence-electron chi connectivity index (χ2n) is 5.73. The van der Waals surface area contributed by atoms with Gasteiger partial charge in [-0.05, 0) is 48.6 Å². The number of hydrogen-bond donors (Lipinski definition) is 1. The first-order valence-electron chi connectivity index (χ1n) is 7.44. The second-order valence-corrected chi connectivity index (χ2v) is 5.73. The van der Waals surface area contributed by atoms with Crippen molar-refractivity contribution < 1.29 is 8.78 Å². The number of nitrogens with one attached hydrogen (secondary N) is 1. The molecule has 0 heterocycles. The highest BCUT2D eigenvalue weighted by Gasteiger charge is 2.23. The number of benzene rings is 2. The summed E-state index contributed by atoms with van der Waals surface area (Å²) in [6.45, 7) is 0.753. The Morgan fingerprint density at radius 3 is 2.38 bits per heavy atom. The first-order chi connectivity index (χ1) is 10.2. The van der Waals surface area contributed by atoms with E-state index in [4.69, 9.17) is 0 Å². The van der Waals surface area contributed by atoms with Gasteiger partial charge in [-0.25, -0.2) is 8.78 Å². The van der Waals surface area contributed by atoms with Crippen LogP contribution in [0, 0.1) is 11.6 Å². The van der Waals surface area contributed by atoms with Gasteiger partial charge in [0, 0.05) is 18.5 Å². The molecule has 3 rings (SSSR count). The summed E-state index contributed by atoms with van der Waals surface area (Å²) in [5, 5.41) is 3.47. The molecule has 1 atom stereocenters. The van der Waals surface area contributed by atoms with Crippen molar-refractivity contribution in [1.82, 2.24) is 5.32 Å². The molecule has 2 aromatic carbocycles. The van der Waals surface area contributed by atoms with Gasteiger partial charge in [0.1, 0.15) is 11.6 Å². The van der Waals surface area contributed by atoms with Crippen molar-refractivity contribution in [1.29, 1.82) is 0 Å². The van der Waals surface area contributed by atoms with Gasteiger partial charge in [0.15, 0.2) is 0 Å². The van der Waals surface area contributed by atoms with Crippen LogP contribution in [-0.2, 0) is 6.42 Å². The van der Waals surface area contributed by atoms with E-state index in [9.17, 15) is 8.78 Å². The van der Waals surface area contributed by atoms with Crippen molar-refractivity contribution in [2.75, 3.05) is 6.54 Å². The molecule has 0 aliphatic heterocycles. The van der Waals surface area contributed by atoms with Crippen LogP contribution < -0.4 is 5.32 Å². The standard InChI is InChI=1S/C18H19F2N/c19-15-7-5-13(6-8-15)11-14(12-21-16-9-10-16)17-3-1-2-4-18(17)20/h1-8,14,16,21H,9-12H2. The lowest BCUT2D eigenvalue weighted by atomic mass is 9.91. The zero-order valence-electron chi connectivity index (χ0n) is 11.9. The molecule has 110 valence electrons. The molecule has 1 aliphatic carbocycles. The lowest BCUT2D eigenvalue weighted by Gasteiger charge is -2.19. The normalized spacial score (nSPS) is 15.9. The van der Waals surface area contributed by atoms with Crippen molar-refractivity contribution in [3.63, 3.8) is 0 Å². The van der Waals surface area contributed by atoms with Crippen molar-refractivity contribution in [3.8, 4) is 0 Å². The van der Waals surface area contributed by atoms with E-state index in [1.807, 2.05) is 12.1 Å². The van der Waals surface area contributed by atoms with Gasteiger partial charge < -0.3 is 5.32 Å². The Morgan fingerprint density at radius 2 is 1.71 bits per heavy atom. The van der Waals surface area contributed by atoms with E-state index in [1.165, 1.54) is 31.0 Å². The highest BCUT2D eigenvalue weighted by molar-refractivity contribution is 5.26. The molecule has 1 fully saturated rings. The van der Waals surface area contributed by atoms with Crippen LogP contribution >= 0.6 is 0 Å². The molecule has 1 N–H and O–H groups in total. The second kappa shape index (κ2) is 6.35. The Balaban J connectivity index is 1.77. The number of halogens is 2. The zero-order chi connectivity index (χ0) is 14.7. The summed E-state index contributed by atoms with van der Waals surface area (Å²) >= 11 is 0. The van der Waals surface area contributed by atoms with Crippen LogP contribution in [0.3, 0.4) is 0 Å². The smallest absolute Gasteiger partial charge is 0.126 e. The third-order valence-electron chi connectivity index (χ3n) is 3.97. The summed E-state index contributed by atoms with van der Waals surface area (Å²) < 4.78 is 27.1. The zero-order valence-corrected chi connectivity index (χ0v) is 11.9. The van der Waals surface area contributed by atoms with Crippen LogP contribution in [0.1, 0.15) is 29.9 Å². The van der Waals surface area contributed by atoms with Gasteiger partial charge in [-0.2, -0.15) is 0 Å². The molecule has 1 saturated carbocycles. The summed E-state index contributed by atoms with van der Waals surface area (Å²) in [5.41, 5.74) is 1.76. The Bertz CT molecular complexity index is 590. The Hall–Kier alpha value is -1.74. The lowest BCUT2D eigenvalue weighted by Crippen LogP contribution is -2.25. The van der Waals surface area contributed by atoms with E-state index in [0.29, 0.717) is 12.5 Å². The van der Waals surface area contributed by atoms with Crippen molar-refractivity contribution in [2.45, 2.75) is 31.2 Å². The molecule has 0 bridgehead atoms. The third-order valence-corrected chi connectivity index (χ3v) is 3.97. The largest absolute Gasteiger partial charge is 0.313 e. The van der Waals surface area contributed by atoms with E-state index < -0.39 is 0 Å². The van der Waals surface area contributed by atoms with Crippen LogP contribution in [0.2, 0.25) is 0 Å². The molecular weight excluding hydrogens is 268 g/mol. The van der Waals surface area contributed by atoms with Gasteiger partial charge in [-0.15, -0.1) is 0 Å². The molecule has 1 nitrogen and oxygen atoms in total. The number of hydrogen-bond acceptors (Lipinski definition) is 1. The van der Waals surface area contributed by atoms with Crippen LogP contribution in [0.15, 0.2) is 48.5 Å². The SMILES string of the molecule is Fc1ccc(CC(CNC2CC2)c2ccccc2F)cc1. The molecule has 1 aliphatic rings. The molecule has 0 aromatic heterocycles. The Kier molecular flexibility index (Phi) is 4.30. The lowest BCUT2D eigenvalue weighted by molar-refractivity contribution is 0.535. The van der Waals surface area contributed by atoms with Gasteiger partial charge >= 0.3 is 0 Å². The van der Waals surface area contributed by atoms with Crippen LogP contribution in [0.4, 0.5) is 8.78 Å². The van der Waals surface area contributed by atoms with E-state index in [1.54, 1.807) is 18.2 Å². The Morgan fingerprint density at radius 1 is 1.00 bits per heavy atom. The summed E-state index contributed by atoms with van der Waals surface area (Å²) in [4.78, 5) is 0. The summed E-state index contributed by atoms with van der Waals surface area (Å²) in [5.74, 6) is -0.336. The van der Waals surface area contributed by atoms with Crippen LogP contribution in [0.25, 0.3) is 0 Å². The maximum absolute atomic E-state index is 14.1. The van der Waals surface area contributed by atoms with Crippen molar-refractivity contribution >= 4 is 0 Å². The molecule has 0 amide bonds. The molecule has 2 aromatic rings. The van der Waals surface area contributed by atoms with Crippen LogP contribution in [-0.4, -0.2) is 12.6 Å². The van der Waals surface area contributed by atoms with Crippen LogP contribution in [0.5, 0.6) is 0 Å². The summed E-state index contributed by atoms with van der Waals surface area (Å²) in [7, 11) is 0. The van der Waals surface area contributed by atoms with Crippen molar-refractivity contribution in [2.24, 2.45) is 0 Å². The molecule has 1 unspecified atom stereocenters. The molecule has 0 saturated heterocycles. The van der Waals surface area contributed by atoms with E-state index in [0.717, 1.165) is 17.7 Å². The van der Waals surface area contributed by atoms with Gasteiger partial charge in [0.2, 0.25) is 0 Å². The maximum Gasteiger partial charge on any atom is 0.126 e. The first kappa shape index (κ1) is 14.2. The highest BCUT2D eigenvalue weighted by atomic mass is 19.1. The maximum atomic E-state index is 14.1. The quantitative estimate of drug-likeness (QED) is 0.845. The van der Waals surface area contributed by atoms with Crippen molar-refractivity contribution in [3.05, 3.63) is 71.3 Å². The predicted octanol–water partition coefficient (Wildman–Crippen LogP) is 4.04. The number of rotatable bonds is 6. The molecule has 3 heteroatoms. The molecule has 21 heavy (non-hydrogen) atoms. The van der Waals surface area contributed by atoms with E-state index in [-0.39, 0.29) is 17.6 Å². The molecule has 0 radical (unpaired) electrons. The first-order valence-corrected chi connectivity index (χ1v) is 7.44. The monoisotopic (exact) mass is 287 g/mol. The fraction of sp³-hybridized carbons (Fsp3) is 0.333. The van der Waals surface area contributed by atoms with E-state index >= 15 is 0 Å². The van der Waals surface area contributed by atoms with Gasteiger partial charge in [-0.3, -0.25) is 0 Å². The average Bonchev–Trinajstić information content (AvgIpc) is 3.30. The highest BCUT2D eigenvalue weighted by Crippen LogP contribution is 2.25. The Labute approximate surface area is 124 Å². The molecular formula is C18H19F2N. The average molecular weight is 287 g/mol. The van der Waals surface area contributed by atoms with Gasteiger partial charge in [0.25, 0.3) is 0 Å².